The first-order valence-corrected chi connectivity index (χ1v) is 3.29. The summed E-state index contributed by atoms with van der Waals surface area (Å²) in [6.45, 7) is 1.08. The van der Waals surface area contributed by atoms with Crippen LogP contribution in [0.15, 0.2) is 0 Å². The van der Waals surface area contributed by atoms with E-state index in [0.717, 1.165) is 6.66 Å². The van der Waals surface area contributed by atoms with Crippen molar-refractivity contribution in [2.75, 3.05) is 6.66 Å². The molecular weight excluding hydrogens is 86.8 g/mol. The van der Waals surface area contributed by atoms with Crippen LogP contribution in [0.4, 0.5) is 4.20 Å². The number of rotatable bonds is 0. The summed E-state index contributed by atoms with van der Waals surface area (Å²) in [5.41, 5.74) is 0. The van der Waals surface area contributed by atoms with Crippen molar-refractivity contribution in [1.82, 2.24) is 0 Å². The van der Waals surface area contributed by atoms with Crippen LogP contribution < -0.4 is 0 Å². The lowest BCUT2D eigenvalue weighted by atomic mass is 10.8. The van der Waals surface area contributed by atoms with Gasteiger partial charge in [-0.2, -0.15) is 0 Å². The molecule has 0 fully saturated rings. The van der Waals surface area contributed by atoms with Crippen molar-refractivity contribution >= 4 is 14.8 Å². The van der Waals surface area contributed by atoms with Crippen LogP contribution in [-0.4, -0.2) is 14.2 Å². The van der Waals surface area contributed by atoms with Crippen LogP contribution in [-0.2, 0) is 0 Å². The van der Waals surface area contributed by atoms with Gasteiger partial charge in [-0.1, -0.05) is 0 Å². The molecule has 1 atom stereocenters. The zero-order valence-corrected chi connectivity index (χ0v) is 3.80. The number of nitrogens with one attached hydrogen (secondary N) is 1. The van der Waals surface area contributed by atoms with E-state index in [2.05, 4.69) is 7.57 Å². The predicted molar refractivity (Wildman–Crippen MR) is 22.4 cm³/mol. The topological polar surface area (TPSA) is 23.9 Å². The van der Waals surface area contributed by atoms with Gasteiger partial charge in [0.05, 0.1) is 7.24 Å². The summed E-state index contributed by atoms with van der Waals surface area (Å²) in [5, 5.41) is 6.16. The highest BCUT2D eigenvalue weighted by atomic mass is 31.2. The summed E-state index contributed by atoms with van der Waals surface area (Å²) in [6, 6.07) is 0. The Bertz CT molecular complexity index is 57.8. The first kappa shape index (κ1) is 5.22. The summed E-state index contributed by atoms with van der Waals surface area (Å²) in [4.78, 5) is 0. The Balaban J connectivity index is 3.47. The molecule has 0 aromatic heterocycles. The average molecular weight is 90.8 g/mol. The maximum atomic E-state index is 11.2. The van der Waals surface area contributed by atoms with Gasteiger partial charge in [0.25, 0.3) is 0 Å². The van der Waals surface area contributed by atoms with Gasteiger partial charge in [-0.05, 0) is 6.66 Å². The van der Waals surface area contributed by atoms with Gasteiger partial charge in [0.2, 0.25) is 0 Å². The molecule has 0 aromatic rings. The van der Waals surface area contributed by atoms with Gasteiger partial charge in [-0.15, -0.1) is 0 Å². The molecule has 2 radical (unpaired) electrons. The first-order valence-electron chi connectivity index (χ1n) is 1.10. The van der Waals surface area contributed by atoms with E-state index in [1.54, 1.807) is 0 Å². The molecule has 4 heteroatoms. The van der Waals surface area contributed by atoms with Crippen molar-refractivity contribution in [2.24, 2.45) is 0 Å². The van der Waals surface area contributed by atoms with Gasteiger partial charge in [-0.25, -0.2) is 4.20 Å². The van der Waals surface area contributed by atoms with E-state index >= 15 is 0 Å². The fourth-order valence-corrected chi connectivity index (χ4v) is 0. The van der Waals surface area contributed by atoms with E-state index in [-0.39, 0.29) is 0 Å². The smallest absolute Gasteiger partial charge is 0.178 e. The Kier molecular flexibility index (Phi) is 1.18. The Morgan fingerprint density at radius 3 is 2.00 bits per heavy atom. The van der Waals surface area contributed by atoms with Crippen LogP contribution in [0.25, 0.3) is 0 Å². The van der Waals surface area contributed by atoms with Crippen molar-refractivity contribution in [3.63, 3.8) is 0 Å². The third kappa shape index (κ3) is 413. The van der Waals surface area contributed by atoms with E-state index in [1.807, 2.05) is 0 Å². The predicted octanol–water partition coefficient (Wildman–Crippen LogP) is 1.36. The molecule has 0 aliphatic heterocycles. The van der Waals surface area contributed by atoms with Gasteiger partial charge in [0.1, 0.15) is 0 Å². The van der Waals surface area contributed by atoms with Crippen LogP contribution in [0.1, 0.15) is 0 Å². The van der Waals surface area contributed by atoms with Crippen LogP contribution in [0, 0.1) is 5.16 Å². The van der Waals surface area contributed by atoms with Crippen molar-refractivity contribution in [1.29, 1.82) is 5.16 Å². The quantitative estimate of drug-likeness (QED) is 0.343. The van der Waals surface area contributed by atoms with Crippen LogP contribution in [0.3, 0.4) is 0 Å². The molecule has 1 nitrogen and oxygen atoms in total. The average Bonchev–Trinajstić information content (AvgIpc) is 0.722. The molecule has 0 rings (SSSR count). The van der Waals surface area contributed by atoms with E-state index in [4.69, 9.17) is 5.16 Å². The molecule has 0 amide bonds. The van der Waals surface area contributed by atoms with Crippen LogP contribution in [0.5, 0.6) is 0 Å². The summed E-state index contributed by atoms with van der Waals surface area (Å²) in [5.74, 6) is 0. The monoisotopic (exact) mass is 91.0 g/mol. The largest absolute Gasteiger partial charge is 0.297 e. The van der Waals surface area contributed by atoms with Gasteiger partial charge >= 0.3 is 0 Å². The van der Waals surface area contributed by atoms with Crippen molar-refractivity contribution in [3.8, 4) is 0 Å². The summed E-state index contributed by atoms with van der Waals surface area (Å²) < 4.78 is 11.2. The molecular formula is CH4BFNP. The van der Waals surface area contributed by atoms with Gasteiger partial charge in [0, 0.05) is 0 Å². The third-order valence-corrected chi connectivity index (χ3v) is 0. The first-order chi connectivity index (χ1) is 2.00. The minimum Gasteiger partial charge on any atom is -0.297 e. The molecule has 1 N–H and O–H groups in total. The number of halogens is 1. The number of hydrogen-bond acceptors (Lipinski definition) is 1. The normalized spacial score (nSPS) is 21.2. The van der Waals surface area contributed by atoms with Crippen LogP contribution in [0.2, 0.25) is 0 Å². The van der Waals surface area contributed by atoms with Gasteiger partial charge in [0.15, 0.2) is 7.57 Å². The number of hydrogen-bond donors (Lipinski definition) is 1. The zero-order valence-electron chi connectivity index (χ0n) is 2.90. The highest BCUT2D eigenvalue weighted by Crippen LogP contribution is 2.36. The van der Waals surface area contributed by atoms with Gasteiger partial charge < -0.3 is 0 Å². The lowest BCUT2D eigenvalue weighted by molar-refractivity contribution is 0.896. The molecule has 0 aliphatic rings. The van der Waals surface area contributed by atoms with Crippen molar-refractivity contribution in [3.05, 3.63) is 0 Å². The molecule has 28 valence electrons. The molecule has 5 heavy (non-hydrogen) atoms. The fourth-order valence-electron chi connectivity index (χ4n) is 0. The molecule has 0 bridgehead atoms. The fraction of sp³-hybridized carbons (Fsp3) is 1.00. The van der Waals surface area contributed by atoms with Crippen LogP contribution >= 0.6 is 7.24 Å². The second kappa shape index (κ2) is 1.13. The Morgan fingerprint density at radius 1 is 2.00 bits per heavy atom. The highest BCUT2D eigenvalue weighted by molar-refractivity contribution is 7.83. The summed E-state index contributed by atoms with van der Waals surface area (Å²) in [7, 11) is 1.33. The summed E-state index contributed by atoms with van der Waals surface area (Å²) in [6.07, 6.45) is 0. The van der Waals surface area contributed by atoms with E-state index < -0.39 is 7.24 Å². The standard InChI is InChI=1S/CH4BFNP/c1-5(2,3)4/h4H,1H3. The zero-order chi connectivity index (χ0) is 4.50. The van der Waals surface area contributed by atoms with E-state index in [9.17, 15) is 4.20 Å². The second-order valence-corrected chi connectivity index (χ2v) is 2.89. The Hall–Kier alpha value is 0.225. The lowest BCUT2D eigenvalue weighted by Gasteiger charge is -1.87. The molecule has 1 unspecified atom stereocenters. The Labute approximate surface area is 31.9 Å². The molecule has 0 saturated heterocycles. The molecule has 0 aromatic carbocycles. The minimum absolute atomic E-state index is 1.08. The Morgan fingerprint density at radius 2 is 2.00 bits per heavy atom. The lowest BCUT2D eigenvalue weighted by Crippen LogP contribution is -1.55. The molecule has 0 spiro atoms. The second-order valence-electron chi connectivity index (χ2n) is 0.962. The maximum Gasteiger partial charge on any atom is 0.178 e. The molecule has 0 aliphatic carbocycles. The van der Waals surface area contributed by atoms with Gasteiger partial charge in [-0.3, -0.25) is 5.16 Å². The van der Waals surface area contributed by atoms with E-state index in [1.165, 1.54) is 0 Å². The molecule has 0 saturated carbocycles. The molecule has 0 heterocycles. The van der Waals surface area contributed by atoms with E-state index in [0.29, 0.717) is 0 Å². The highest BCUT2D eigenvalue weighted by Gasteiger charge is 1.89. The van der Waals surface area contributed by atoms with Crippen molar-refractivity contribution < 1.29 is 4.20 Å². The minimum atomic E-state index is -3.14. The maximum absolute atomic E-state index is 11.2. The van der Waals surface area contributed by atoms with Crippen molar-refractivity contribution in [2.45, 2.75) is 0 Å². The summed E-state index contributed by atoms with van der Waals surface area (Å²) >= 11 is 0. The SMILES string of the molecule is [B]P(C)(=N)F. The third-order valence-electron chi connectivity index (χ3n) is 0.